The van der Waals surface area contributed by atoms with E-state index in [0.29, 0.717) is 10.0 Å². The van der Waals surface area contributed by atoms with Crippen LogP contribution < -0.4 is 0 Å². The van der Waals surface area contributed by atoms with E-state index in [1.807, 2.05) is 29.9 Å². The van der Waals surface area contributed by atoms with Crippen molar-refractivity contribution in [2.45, 2.75) is 0 Å². The van der Waals surface area contributed by atoms with Crippen molar-refractivity contribution in [3.63, 3.8) is 0 Å². The molecule has 0 saturated heterocycles. The second-order valence-electron chi connectivity index (χ2n) is 2.21. The molecule has 0 fully saturated rings. The zero-order chi connectivity index (χ0) is 8.97. The minimum Gasteiger partial charge on any atom is -0.138 e. The first-order valence-electron chi connectivity index (χ1n) is 3.38. The van der Waals surface area contributed by atoms with Gasteiger partial charge in [0.15, 0.2) is 0 Å². The minimum absolute atomic E-state index is 0.595. The topological polar surface area (TPSA) is 0 Å². The van der Waals surface area contributed by atoms with Crippen molar-refractivity contribution in [1.29, 1.82) is 0 Å². The molecule has 0 radical (unpaired) electrons. The third-order valence-corrected chi connectivity index (χ3v) is 2.49. The average molecular weight is 219 g/mol. The van der Waals surface area contributed by atoms with Crippen molar-refractivity contribution in [2.75, 3.05) is 6.26 Å². The molecule has 0 spiro atoms. The maximum absolute atomic E-state index is 5.82. The summed E-state index contributed by atoms with van der Waals surface area (Å²) in [7, 11) is 0. The summed E-state index contributed by atoms with van der Waals surface area (Å²) < 4.78 is 0. The molecular weight excluding hydrogens is 211 g/mol. The molecule has 0 N–H and O–H groups in total. The quantitative estimate of drug-likeness (QED) is 0.713. The summed E-state index contributed by atoms with van der Waals surface area (Å²) in [6.07, 6.45) is 4.00. The highest BCUT2D eigenvalue weighted by Gasteiger charge is 1.95. The van der Waals surface area contributed by atoms with Gasteiger partial charge < -0.3 is 0 Å². The average Bonchev–Trinajstić information content (AvgIpc) is 2.07. The van der Waals surface area contributed by atoms with Crippen LogP contribution in [0.3, 0.4) is 0 Å². The Morgan fingerprint density at radius 2 is 2.00 bits per heavy atom. The van der Waals surface area contributed by atoms with Gasteiger partial charge in [-0.2, -0.15) is 0 Å². The molecular formula is C9H8Cl2S. The largest absolute Gasteiger partial charge is 0.138 e. The lowest BCUT2D eigenvalue weighted by molar-refractivity contribution is 1.66. The van der Waals surface area contributed by atoms with Gasteiger partial charge in [0.05, 0.1) is 10.0 Å². The Hall–Kier alpha value is -0.110. The van der Waals surface area contributed by atoms with Crippen molar-refractivity contribution in [3.05, 3.63) is 39.2 Å². The predicted octanol–water partition coefficient (Wildman–Crippen LogP) is 4.33. The van der Waals surface area contributed by atoms with Crippen molar-refractivity contribution in [2.24, 2.45) is 0 Å². The van der Waals surface area contributed by atoms with Gasteiger partial charge in [0.2, 0.25) is 0 Å². The van der Waals surface area contributed by atoms with Gasteiger partial charge in [-0.25, -0.2) is 0 Å². The summed E-state index contributed by atoms with van der Waals surface area (Å²) in [4.78, 5) is 0. The van der Waals surface area contributed by atoms with Crippen molar-refractivity contribution in [1.82, 2.24) is 0 Å². The Morgan fingerprint density at radius 3 is 2.58 bits per heavy atom. The molecule has 0 amide bonds. The van der Waals surface area contributed by atoms with Gasteiger partial charge in [-0.15, -0.1) is 11.8 Å². The van der Waals surface area contributed by atoms with Crippen LogP contribution in [0, 0.1) is 0 Å². The number of hydrogen-bond donors (Lipinski definition) is 0. The molecule has 12 heavy (non-hydrogen) atoms. The molecule has 0 aromatic heterocycles. The highest BCUT2D eigenvalue weighted by molar-refractivity contribution is 8.01. The Balaban J connectivity index is 2.89. The zero-order valence-electron chi connectivity index (χ0n) is 6.55. The smallest absolute Gasteiger partial charge is 0.0598 e. The van der Waals surface area contributed by atoms with E-state index < -0.39 is 0 Å². The van der Waals surface area contributed by atoms with E-state index in [4.69, 9.17) is 23.2 Å². The fourth-order valence-electron chi connectivity index (χ4n) is 0.763. The Kier molecular flexibility index (Phi) is 3.99. The highest BCUT2D eigenvalue weighted by atomic mass is 35.5. The van der Waals surface area contributed by atoms with E-state index in [1.165, 1.54) is 0 Å². The van der Waals surface area contributed by atoms with E-state index in [-0.39, 0.29) is 0 Å². The van der Waals surface area contributed by atoms with Gasteiger partial charge >= 0.3 is 0 Å². The third kappa shape index (κ3) is 2.74. The monoisotopic (exact) mass is 218 g/mol. The van der Waals surface area contributed by atoms with Crippen molar-refractivity contribution < 1.29 is 0 Å². The van der Waals surface area contributed by atoms with Gasteiger partial charge in [0.1, 0.15) is 0 Å². The molecule has 1 aromatic carbocycles. The van der Waals surface area contributed by atoms with Gasteiger partial charge in [-0.1, -0.05) is 29.3 Å². The molecule has 0 bridgehead atoms. The summed E-state index contributed by atoms with van der Waals surface area (Å²) in [5.74, 6) is 0. The fraction of sp³-hybridized carbons (Fsp3) is 0.111. The maximum Gasteiger partial charge on any atom is 0.0598 e. The molecule has 64 valence electrons. The van der Waals surface area contributed by atoms with E-state index in [1.54, 1.807) is 17.8 Å². The predicted molar refractivity (Wildman–Crippen MR) is 59.0 cm³/mol. The Labute approximate surface area is 86.6 Å². The zero-order valence-corrected chi connectivity index (χ0v) is 8.88. The summed E-state index contributed by atoms with van der Waals surface area (Å²) in [6.45, 7) is 0. The van der Waals surface area contributed by atoms with Crippen LogP contribution in [0.4, 0.5) is 0 Å². The van der Waals surface area contributed by atoms with Crippen molar-refractivity contribution >= 4 is 41.0 Å². The molecule has 1 rings (SSSR count). The standard InChI is InChI=1S/C9H8Cl2S/c1-12-5-4-7-2-3-8(10)9(11)6-7/h2-6H,1H3. The summed E-state index contributed by atoms with van der Waals surface area (Å²) in [6, 6.07) is 5.57. The number of benzene rings is 1. The number of rotatable bonds is 2. The van der Waals surface area contributed by atoms with Crippen LogP contribution in [0.1, 0.15) is 5.56 Å². The van der Waals surface area contributed by atoms with Crippen LogP contribution in [-0.4, -0.2) is 6.26 Å². The van der Waals surface area contributed by atoms with Gasteiger partial charge in [0, 0.05) is 0 Å². The SMILES string of the molecule is CSC=Cc1ccc(Cl)c(Cl)c1. The highest BCUT2D eigenvalue weighted by Crippen LogP contribution is 2.23. The van der Waals surface area contributed by atoms with Gasteiger partial charge in [0.25, 0.3) is 0 Å². The number of halogens is 2. The van der Waals surface area contributed by atoms with Gasteiger partial charge in [-0.05, 0) is 35.4 Å². The molecule has 0 atom stereocenters. The lowest BCUT2D eigenvalue weighted by Crippen LogP contribution is -1.72. The number of hydrogen-bond acceptors (Lipinski definition) is 1. The normalized spacial score (nSPS) is 10.9. The molecule has 0 unspecified atom stereocenters. The van der Waals surface area contributed by atoms with E-state index in [0.717, 1.165) is 5.56 Å². The first-order chi connectivity index (χ1) is 5.74. The second kappa shape index (κ2) is 4.80. The molecule has 3 heteroatoms. The van der Waals surface area contributed by atoms with E-state index >= 15 is 0 Å². The molecule has 0 aliphatic carbocycles. The van der Waals surface area contributed by atoms with Crippen LogP contribution in [0.25, 0.3) is 6.08 Å². The second-order valence-corrected chi connectivity index (χ2v) is 3.77. The molecule has 0 heterocycles. The molecule has 1 aromatic rings. The third-order valence-electron chi connectivity index (χ3n) is 1.34. The Bertz CT molecular complexity index is 295. The fourth-order valence-corrected chi connectivity index (χ4v) is 1.36. The Morgan fingerprint density at radius 1 is 1.25 bits per heavy atom. The maximum atomic E-state index is 5.82. The van der Waals surface area contributed by atoms with Crippen LogP contribution >= 0.6 is 35.0 Å². The molecule has 0 aliphatic rings. The summed E-state index contributed by atoms with van der Waals surface area (Å²) in [5, 5.41) is 3.19. The number of thioether (sulfide) groups is 1. The first kappa shape index (κ1) is 9.97. The molecule has 0 aliphatic heterocycles. The first-order valence-corrected chi connectivity index (χ1v) is 5.43. The van der Waals surface area contributed by atoms with E-state index in [9.17, 15) is 0 Å². The lowest BCUT2D eigenvalue weighted by atomic mass is 10.2. The minimum atomic E-state index is 0.595. The van der Waals surface area contributed by atoms with Crippen LogP contribution in [-0.2, 0) is 0 Å². The summed E-state index contributed by atoms with van der Waals surface area (Å²) >= 11 is 13.2. The lowest BCUT2D eigenvalue weighted by Gasteiger charge is -1.96. The summed E-state index contributed by atoms with van der Waals surface area (Å²) in [5.41, 5.74) is 1.07. The molecule has 0 nitrogen and oxygen atoms in total. The van der Waals surface area contributed by atoms with Crippen molar-refractivity contribution in [3.8, 4) is 0 Å². The van der Waals surface area contributed by atoms with Crippen LogP contribution in [0.2, 0.25) is 10.0 Å². The van der Waals surface area contributed by atoms with Gasteiger partial charge in [-0.3, -0.25) is 0 Å². The molecule has 0 saturated carbocycles. The van der Waals surface area contributed by atoms with Crippen LogP contribution in [0.15, 0.2) is 23.6 Å². The van der Waals surface area contributed by atoms with E-state index in [2.05, 4.69) is 0 Å². The van der Waals surface area contributed by atoms with Crippen LogP contribution in [0.5, 0.6) is 0 Å².